The van der Waals surface area contributed by atoms with Gasteiger partial charge < -0.3 is 14.6 Å². The average Bonchev–Trinajstić information content (AvgIpc) is 2.92. The highest BCUT2D eigenvalue weighted by Gasteiger charge is 2.20. The fourth-order valence-electron chi connectivity index (χ4n) is 1.83. The Morgan fingerprint density at radius 1 is 1.33 bits per heavy atom. The molecule has 0 aliphatic heterocycles. The summed E-state index contributed by atoms with van der Waals surface area (Å²) in [6.07, 6.45) is 3.03. The van der Waals surface area contributed by atoms with E-state index in [1.54, 1.807) is 4.90 Å². The van der Waals surface area contributed by atoms with Gasteiger partial charge in [0.15, 0.2) is 5.69 Å². The number of aromatic nitrogens is 1. The third-order valence-corrected chi connectivity index (χ3v) is 3.61. The second kappa shape index (κ2) is 7.81. The fourth-order valence-corrected chi connectivity index (χ4v) is 1.83. The number of hydrogen-bond donors (Lipinski definition) is 1. The van der Waals surface area contributed by atoms with E-state index in [1.807, 2.05) is 27.7 Å². The number of hydrogen-bond acceptors (Lipinski definition) is 4. The van der Waals surface area contributed by atoms with E-state index in [0.717, 1.165) is 12.8 Å². The van der Waals surface area contributed by atoms with Gasteiger partial charge in [-0.25, -0.2) is 4.98 Å². The zero-order valence-corrected chi connectivity index (χ0v) is 13.5. The summed E-state index contributed by atoms with van der Waals surface area (Å²) in [6.45, 7) is 9.71. The summed E-state index contributed by atoms with van der Waals surface area (Å²) in [5.74, 6) is 0.0882. The Hall–Kier alpha value is -1.85. The molecule has 0 aromatic carbocycles. The Morgan fingerprint density at radius 3 is 2.52 bits per heavy atom. The van der Waals surface area contributed by atoms with Crippen molar-refractivity contribution in [3.05, 3.63) is 17.8 Å². The van der Waals surface area contributed by atoms with Crippen LogP contribution < -0.4 is 5.32 Å². The van der Waals surface area contributed by atoms with Crippen molar-refractivity contribution in [1.82, 2.24) is 15.2 Å². The van der Waals surface area contributed by atoms with Crippen LogP contribution in [0.1, 0.15) is 63.8 Å². The van der Waals surface area contributed by atoms with Crippen LogP contribution in [0.2, 0.25) is 0 Å². The van der Waals surface area contributed by atoms with E-state index in [9.17, 15) is 9.59 Å². The van der Waals surface area contributed by atoms with Gasteiger partial charge in [-0.05, 0) is 26.7 Å². The first-order valence-electron chi connectivity index (χ1n) is 7.41. The molecule has 0 aliphatic carbocycles. The summed E-state index contributed by atoms with van der Waals surface area (Å²) in [4.78, 5) is 29.4. The van der Waals surface area contributed by atoms with Gasteiger partial charge >= 0.3 is 0 Å². The van der Waals surface area contributed by atoms with Crippen molar-refractivity contribution >= 4 is 11.8 Å². The fraction of sp³-hybridized carbons (Fsp3) is 0.667. The standard InChI is InChI=1S/C15H25N3O3/c1-6-10(3)16-15(20)13-9-21-14(17-13)8-18(12(5)19)11(4)7-2/h9-11H,6-8H2,1-5H3,(H,16,20). The molecule has 0 spiro atoms. The minimum Gasteiger partial charge on any atom is -0.446 e. The van der Waals surface area contributed by atoms with Crippen molar-refractivity contribution in [2.24, 2.45) is 0 Å². The van der Waals surface area contributed by atoms with Gasteiger partial charge in [-0.15, -0.1) is 0 Å². The van der Waals surface area contributed by atoms with Gasteiger partial charge in [0, 0.05) is 19.0 Å². The van der Waals surface area contributed by atoms with Gasteiger partial charge in [0.1, 0.15) is 6.26 Å². The second-order valence-corrected chi connectivity index (χ2v) is 5.31. The number of carbonyl (C=O) groups is 2. The first kappa shape index (κ1) is 17.2. The molecule has 0 bridgehead atoms. The van der Waals surface area contributed by atoms with E-state index in [-0.39, 0.29) is 36.1 Å². The van der Waals surface area contributed by atoms with Crippen LogP contribution in [0.3, 0.4) is 0 Å². The monoisotopic (exact) mass is 295 g/mol. The van der Waals surface area contributed by atoms with Crippen LogP contribution in [0.5, 0.6) is 0 Å². The highest BCUT2D eigenvalue weighted by atomic mass is 16.3. The number of rotatable bonds is 7. The summed E-state index contributed by atoms with van der Waals surface area (Å²) >= 11 is 0. The molecule has 118 valence electrons. The van der Waals surface area contributed by atoms with Crippen LogP contribution in [0, 0.1) is 0 Å². The molecule has 1 heterocycles. The van der Waals surface area contributed by atoms with Gasteiger partial charge in [0.05, 0.1) is 6.54 Å². The van der Waals surface area contributed by atoms with Crippen LogP contribution in [-0.4, -0.2) is 33.8 Å². The Labute approximate surface area is 125 Å². The molecule has 1 N–H and O–H groups in total. The Kier molecular flexibility index (Phi) is 6.39. The normalized spacial score (nSPS) is 13.6. The minimum absolute atomic E-state index is 0.0341. The highest BCUT2D eigenvalue weighted by Crippen LogP contribution is 2.11. The molecule has 0 saturated heterocycles. The molecule has 1 rings (SSSR count). The molecule has 0 saturated carbocycles. The lowest BCUT2D eigenvalue weighted by Crippen LogP contribution is -2.36. The van der Waals surface area contributed by atoms with Crippen LogP contribution in [0.4, 0.5) is 0 Å². The number of nitrogens with zero attached hydrogens (tertiary/aromatic N) is 2. The quantitative estimate of drug-likeness (QED) is 0.837. The first-order valence-corrected chi connectivity index (χ1v) is 7.41. The molecule has 6 nitrogen and oxygen atoms in total. The van der Waals surface area contributed by atoms with Crippen molar-refractivity contribution < 1.29 is 14.0 Å². The van der Waals surface area contributed by atoms with Crippen molar-refractivity contribution in [3.63, 3.8) is 0 Å². The molecule has 6 heteroatoms. The lowest BCUT2D eigenvalue weighted by molar-refractivity contribution is -0.131. The van der Waals surface area contributed by atoms with Gasteiger partial charge in [0.25, 0.3) is 5.91 Å². The molecule has 2 atom stereocenters. The largest absolute Gasteiger partial charge is 0.446 e. The zero-order chi connectivity index (χ0) is 16.0. The highest BCUT2D eigenvalue weighted by molar-refractivity contribution is 5.92. The summed E-state index contributed by atoms with van der Waals surface area (Å²) < 4.78 is 5.31. The van der Waals surface area contributed by atoms with Crippen molar-refractivity contribution in [2.45, 2.75) is 66.1 Å². The molecular weight excluding hydrogens is 270 g/mol. The molecule has 21 heavy (non-hydrogen) atoms. The Bertz CT molecular complexity index is 484. The Morgan fingerprint density at radius 2 is 2.00 bits per heavy atom. The molecular formula is C15H25N3O3. The van der Waals surface area contributed by atoms with Crippen molar-refractivity contribution in [2.75, 3.05) is 0 Å². The zero-order valence-electron chi connectivity index (χ0n) is 13.5. The molecule has 2 unspecified atom stereocenters. The van der Waals surface area contributed by atoms with E-state index in [1.165, 1.54) is 13.2 Å². The Balaban J connectivity index is 2.74. The lowest BCUT2D eigenvalue weighted by Gasteiger charge is -2.25. The molecule has 1 aromatic rings. The average molecular weight is 295 g/mol. The smallest absolute Gasteiger partial charge is 0.273 e. The lowest BCUT2D eigenvalue weighted by atomic mass is 10.2. The summed E-state index contributed by atoms with van der Waals surface area (Å²) in [5.41, 5.74) is 0.248. The van der Waals surface area contributed by atoms with E-state index < -0.39 is 0 Å². The summed E-state index contributed by atoms with van der Waals surface area (Å²) in [5, 5.41) is 2.83. The van der Waals surface area contributed by atoms with Crippen LogP contribution in [-0.2, 0) is 11.3 Å². The number of carbonyl (C=O) groups excluding carboxylic acids is 2. The van der Waals surface area contributed by atoms with Gasteiger partial charge in [-0.2, -0.15) is 0 Å². The predicted molar refractivity (Wildman–Crippen MR) is 79.7 cm³/mol. The third kappa shape index (κ3) is 4.88. The van der Waals surface area contributed by atoms with E-state index in [2.05, 4.69) is 10.3 Å². The molecule has 1 aromatic heterocycles. The third-order valence-electron chi connectivity index (χ3n) is 3.61. The minimum atomic E-state index is -0.253. The maximum absolute atomic E-state index is 11.9. The van der Waals surface area contributed by atoms with Crippen LogP contribution in [0.15, 0.2) is 10.7 Å². The van der Waals surface area contributed by atoms with Gasteiger partial charge in [-0.1, -0.05) is 13.8 Å². The van der Waals surface area contributed by atoms with Crippen molar-refractivity contribution in [1.29, 1.82) is 0 Å². The SMILES string of the molecule is CCC(C)NC(=O)c1coc(CN(C(C)=O)C(C)CC)n1. The molecule has 2 amide bonds. The predicted octanol–water partition coefficient (Wildman–Crippen LogP) is 2.35. The number of oxazole rings is 1. The van der Waals surface area contributed by atoms with Crippen LogP contribution >= 0.6 is 0 Å². The molecule has 0 aliphatic rings. The molecule has 0 radical (unpaired) electrons. The molecule has 0 fully saturated rings. The maximum atomic E-state index is 11.9. The number of nitrogens with one attached hydrogen (secondary N) is 1. The maximum Gasteiger partial charge on any atom is 0.273 e. The topological polar surface area (TPSA) is 75.4 Å². The first-order chi connectivity index (χ1) is 9.88. The summed E-state index contributed by atoms with van der Waals surface area (Å²) in [7, 11) is 0. The van der Waals surface area contributed by atoms with E-state index >= 15 is 0 Å². The van der Waals surface area contributed by atoms with Gasteiger partial charge in [0.2, 0.25) is 11.8 Å². The van der Waals surface area contributed by atoms with E-state index in [4.69, 9.17) is 4.42 Å². The number of amides is 2. The van der Waals surface area contributed by atoms with Gasteiger partial charge in [-0.3, -0.25) is 9.59 Å². The summed E-state index contributed by atoms with van der Waals surface area (Å²) in [6, 6.07) is 0.193. The second-order valence-electron chi connectivity index (χ2n) is 5.31. The van der Waals surface area contributed by atoms with Crippen molar-refractivity contribution in [3.8, 4) is 0 Å². The van der Waals surface area contributed by atoms with Crippen LogP contribution in [0.25, 0.3) is 0 Å². The van der Waals surface area contributed by atoms with E-state index in [0.29, 0.717) is 5.89 Å².